The lowest BCUT2D eigenvalue weighted by molar-refractivity contribution is -0.181. The summed E-state index contributed by atoms with van der Waals surface area (Å²) in [5.41, 5.74) is 0. The first-order valence-corrected chi connectivity index (χ1v) is 13.6. The number of hydrogen-bond donors (Lipinski definition) is 4. The highest BCUT2D eigenvalue weighted by Gasteiger charge is 2.20. The van der Waals surface area contributed by atoms with Crippen LogP contribution in [0.15, 0.2) is 24.3 Å². The first-order chi connectivity index (χ1) is 17.9. The monoisotopic (exact) mass is 649 g/mol. The SMILES string of the molecule is C.C.C.C.CC(O)COC(C)C(=O)O.CC/C=C\CCC1CO1.CC/C=C\CCCC(O)OC(=O)C(C)OCC(C)O.O.O. The van der Waals surface area contributed by atoms with Crippen LogP contribution in [0, 0.1) is 0 Å². The standard InChI is InChI=1S/C14H26O5.C8H14O.C6H12O4.4CH4.2H2O/c1-4-5-6-7-8-9-13(16)19-14(17)12(3)18-10-11(2)15;1-2-3-4-5-6-8-7-9-8;1-4(7)3-10-5(2)6(8)9;;;;;;/h5-6,11-13,15-16H,4,7-10H2,1-3H3;3-4,8H,2,5-7H2,1H3;4-5,7H,3H2,1-2H3,(H,8,9);4*1H4;2*1H2/b6-5-;4-3-;;;;;;;. The number of carbonyl (C=O) groups is 2. The van der Waals surface area contributed by atoms with Gasteiger partial charge in [-0.2, -0.15) is 0 Å². The molecular weight excluding hydrogens is 576 g/mol. The Kier molecular flexibility index (Phi) is 57.1. The smallest absolute Gasteiger partial charge is 0.337 e. The number of epoxide rings is 1. The molecular formula is C32H72O12. The van der Waals surface area contributed by atoms with Crippen molar-refractivity contribution < 1.29 is 59.9 Å². The van der Waals surface area contributed by atoms with Gasteiger partial charge in [0.1, 0.15) is 0 Å². The molecule has 0 saturated carbocycles. The third-order valence-electron chi connectivity index (χ3n) is 4.79. The first-order valence-electron chi connectivity index (χ1n) is 13.6. The summed E-state index contributed by atoms with van der Waals surface area (Å²) in [4.78, 5) is 21.6. The highest BCUT2D eigenvalue weighted by atomic mass is 16.7. The summed E-state index contributed by atoms with van der Waals surface area (Å²) in [5, 5.41) is 35.5. The largest absolute Gasteiger partial charge is 0.479 e. The molecule has 0 aromatic carbocycles. The maximum Gasteiger partial charge on any atom is 0.337 e. The fourth-order valence-electron chi connectivity index (χ4n) is 2.49. The molecule has 44 heavy (non-hydrogen) atoms. The zero-order valence-corrected chi connectivity index (χ0v) is 25.1. The normalized spacial score (nSPS) is 15.9. The van der Waals surface area contributed by atoms with Gasteiger partial charge in [0.15, 0.2) is 12.2 Å². The van der Waals surface area contributed by atoms with E-state index in [1.807, 2.05) is 6.08 Å². The maximum atomic E-state index is 11.5. The predicted molar refractivity (Wildman–Crippen MR) is 180 cm³/mol. The number of aliphatic carboxylic acids is 1. The number of allylic oxidation sites excluding steroid dienone is 4. The summed E-state index contributed by atoms with van der Waals surface area (Å²) in [6.07, 6.45) is 11.8. The van der Waals surface area contributed by atoms with Gasteiger partial charge in [0.05, 0.1) is 38.1 Å². The number of aliphatic hydroxyl groups is 3. The zero-order chi connectivity index (χ0) is 29.3. The van der Waals surface area contributed by atoms with Crippen LogP contribution in [-0.2, 0) is 28.5 Å². The van der Waals surface area contributed by atoms with Crippen molar-refractivity contribution in [1.29, 1.82) is 0 Å². The van der Waals surface area contributed by atoms with E-state index >= 15 is 0 Å². The third-order valence-corrected chi connectivity index (χ3v) is 4.79. The van der Waals surface area contributed by atoms with E-state index in [9.17, 15) is 14.7 Å². The van der Waals surface area contributed by atoms with Crippen LogP contribution < -0.4 is 0 Å². The van der Waals surface area contributed by atoms with E-state index in [1.165, 1.54) is 33.6 Å². The number of carbonyl (C=O) groups excluding carboxylic acids is 1. The molecule has 272 valence electrons. The minimum Gasteiger partial charge on any atom is -0.479 e. The minimum absolute atomic E-state index is 0. The van der Waals surface area contributed by atoms with Gasteiger partial charge in [0, 0.05) is 6.42 Å². The molecule has 12 nitrogen and oxygen atoms in total. The molecule has 1 heterocycles. The average molecular weight is 649 g/mol. The summed E-state index contributed by atoms with van der Waals surface area (Å²) in [6.45, 7) is 11.4. The molecule has 1 rings (SSSR count). The fourth-order valence-corrected chi connectivity index (χ4v) is 2.49. The van der Waals surface area contributed by atoms with Gasteiger partial charge >= 0.3 is 11.9 Å². The Morgan fingerprint density at radius 3 is 1.61 bits per heavy atom. The van der Waals surface area contributed by atoms with Crippen LogP contribution in [-0.4, -0.2) is 99.9 Å². The second-order valence-corrected chi connectivity index (χ2v) is 9.10. The first kappa shape index (κ1) is 61.2. The van der Waals surface area contributed by atoms with E-state index in [2.05, 4.69) is 32.1 Å². The second kappa shape index (κ2) is 41.1. The van der Waals surface area contributed by atoms with E-state index < -0.39 is 42.6 Å². The lowest BCUT2D eigenvalue weighted by atomic mass is 10.2. The topological polar surface area (TPSA) is 218 Å². The highest BCUT2D eigenvalue weighted by molar-refractivity contribution is 5.74. The van der Waals surface area contributed by atoms with Crippen LogP contribution in [0.2, 0.25) is 0 Å². The fraction of sp³-hybridized carbons (Fsp3) is 0.812. The third kappa shape index (κ3) is 47.0. The molecule has 12 heteroatoms. The number of esters is 1. The summed E-state index contributed by atoms with van der Waals surface area (Å²) in [6, 6.07) is 0. The Labute approximate surface area is 269 Å². The molecule has 0 radical (unpaired) electrons. The molecule has 1 saturated heterocycles. The Balaban J connectivity index is -0.0000000745. The molecule has 1 fully saturated rings. The molecule has 0 aromatic rings. The van der Waals surface area contributed by atoms with Gasteiger partial charge < -0.3 is 50.3 Å². The number of aliphatic hydroxyl groups excluding tert-OH is 3. The summed E-state index contributed by atoms with van der Waals surface area (Å²) < 4.78 is 19.7. The van der Waals surface area contributed by atoms with Gasteiger partial charge in [-0.1, -0.05) is 67.9 Å². The number of carboxylic acid groups (broad SMARTS) is 1. The van der Waals surface area contributed by atoms with Gasteiger partial charge in [-0.3, -0.25) is 0 Å². The van der Waals surface area contributed by atoms with Crippen LogP contribution >= 0.6 is 0 Å². The molecule has 6 atom stereocenters. The van der Waals surface area contributed by atoms with Crippen LogP contribution in [0.25, 0.3) is 0 Å². The number of carboxylic acids is 1. The van der Waals surface area contributed by atoms with Crippen LogP contribution in [0.4, 0.5) is 0 Å². The van der Waals surface area contributed by atoms with Crippen LogP contribution in [0.3, 0.4) is 0 Å². The average Bonchev–Trinajstić information content (AvgIpc) is 3.68. The number of rotatable bonds is 18. The lowest BCUT2D eigenvalue weighted by Gasteiger charge is -2.16. The Bertz CT molecular complexity index is 635. The van der Waals surface area contributed by atoms with E-state index in [-0.39, 0.29) is 53.9 Å². The van der Waals surface area contributed by atoms with Crippen molar-refractivity contribution in [1.82, 2.24) is 0 Å². The molecule has 0 aromatic heterocycles. The van der Waals surface area contributed by atoms with Crippen molar-refractivity contribution in [2.45, 2.75) is 153 Å². The van der Waals surface area contributed by atoms with Gasteiger partial charge in [-0.05, 0) is 66.2 Å². The molecule has 1 aliphatic heterocycles. The van der Waals surface area contributed by atoms with Gasteiger partial charge in [-0.15, -0.1) is 0 Å². The van der Waals surface area contributed by atoms with Crippen molar-refractivity contribution in [2.75, 3.05) is 19.8 Å². The van der Waals surface area contributed by atoms with Gasteiger partial charge in [-0.25, -0.2) is 9.59 Å². The van der Waals surface area contributed by atoms with E-state index in [0.717, 1.165) is 32.3 Å². The summed E-state index contributed by atoms with van der Waals surface area (Å²) in [7, 11) is 0. The Hall–Kier alpha value is -1.90. The van der Waals surface area contributed by atoms with Crippen molar-refractivity contribution in [3.8, 4) is 0 Å². The summed E-state index contributed by atoms with van der Waals surface area (Å²) >= 11 is 0. The molecule has 0 bridgehead atoms. The lowest BCUT2D eigenvalue weighted by Crippen LogP contribution is -2.30. The van der Waals surface area contributed by atoms with E-state index in [1.54, 1.807) is 6.92 Å². The molecule has 1 aliphatic rings. The predicted octanol–water partition coefficient (Wildman–Crippen LogP) is 4.65. The molecule has 0 spiro atoms. The van der Waals surface area contributed by atoms with Crippen LogP contribution in [0.1, 0.15) is 116 Å². The molecule has 6 unspecified atom stereocenters. The summed E-state index contributed by atoms with van der Waals surface area (Å²) in [5.74, 6) is -1.63. The number of unbranched alkanes of at least 4 members (excludes halogenated alkanes) is 1. The van der Waals surface area contributed by atoms with Crippen molar-refractivity contribution in [3.05, 3.63) is 24.3 Å². The maximum absolute atomic E-state index is 11.5. The van der Waals surface area contributed by atoms with Crippen molar-refractivity contribution in [3.63, 3.8) is 0 Å². The van der Waals surface area contributed by atoms with E-state index in [0.29, 0.717) is 12.5 Å². The zero-order valence-electron chi connectivity index (χ0n) is 25.1. The van der Waals surface area contributed by atoms with Crippen molar-refractivity contribution >= 4 is 11.9 Å². The Morgan fingerprint density at radius 1 is 0.795 bits per heavy atom. The molecule has 8 N–H and O–H groups in total. The highest BCUT2D eigenvalue weighted by Crippen LogP contribution is 2.15. The number of hydrogen-bond acceptors (Lipinski definition) is 9. The quantitative estimate of drug-likeness (QED) is 0.0530. The van der Waals surface area contributed by atoms with Crippen molar-refractivity contribution in [2.24, 2.45) is 0 Å². The number of ether oxygens (including phenoxy) is 4. The second-order valence-electron chi connectivity index (χ2n) is 9.10. The van der Waals surface area contributed by atoms with Gasteiger partial charge in [0.2, 0.25) is 6.29 Å². The van der Waals surface area contributed by atoms with E-state index in [4.69, 9.17) is 34.3 Å². The van der Waals surface area contributed by atoms with Gasteiger partial charge in [0.25, 0.3) is 0 Å². The van der Waals surface area contributed by atoms with Crippen LogP contribution in [0.5, 0.6) is 0 Å². The minimum atomic E-state index is -1.10. The molecule has 0 aliphatic carbocycles. The Morgan fingerprint density at radius 2 is 1.23 bits per heavy atom. The molecule has 0 amide bonds.